The minimum Gasteiger partial charge on any atom is -0.444 e. The number of carbonyl (C=O) groups is 1. The summed E-state index contributed by atoms with van der Waals surface area (Å²) in [7, 11) is 0. The van der Waals surface area contributed by atoms with Crippen LogP contribution in [-0.2, 0) is 11.3 Å². The molecule has 1 aromatic heterocycles. The third kappa shape index (κ3) is 4.51. The van der Waals surface area contributed by atoms with Crippen LogP contribution < -0.4 is 5.32 Å². The second-order valence-corrected chi connectivity index (χ2v) is 7.08. The predicted octanol–water partition coefficient (Wildman–Crippen LogP) is 4.05. The summed E-state index contributed by atoms with van der Waals surface area (Å²) in [5.74, 6) is 0. The molecule has 0 bridgehead atoms. The van der Waals surface area contributed by atoms with Crippen LogP contribution in [0.5, 0.6) is 0 Å². The van der Waals surface area contributed by atoms with E-state index in [0.29, 0.717) is 5.56 Å². The minimum absolute atomic E-state index is 0.0210. The van der Waals surface area contributed by atoms with Crippen molar-refractivity contribution < 1.29 is 14.5 Å². The number of hydrogen-bond acceptors (Lipinski definition) is 6. The molecule has 1 aromatic carbocycles. The first-order valence-electron chi connectivity index (χ1n) is 7.32. The summed E-state index contributed by atoms with van der Waals surface area (Å²) in [6.45, 7) is 7.13. The Morgan fingerprint density at radius 3 is 2.67 bits per heavy atom. The van der Waals surface area contributed by atoms with Gasteiger partial charge in [-0.25, -0.2) is 9.78 Å². The van der Waals surface area contributed by atoms with Gasteiger partial charge in [-0.05, 0) is 33.8 Å². The number of aromatic nitrogens is 1. The Morgan fingerprint density at radius 1 is 1.42 bits per heavy atom. The highest BCUT2D eigenvalue weighted by Crippen LogP contribution is 2.31. The fraction of sp³-hybridized carbons (Fsp3) is 0.375. The largest absolute Gasteiger partial charge is 0.444 e. The molecule has 0 fully saturated rings. The summed E-state index contributed by atoms with van der Waals surface area (Å²) in [4.78, 5) is 27.7. The van der Waals surface area contributed by atoms with Crippen LogP contribution >= 0.6 is 11.3 Å². The normalized spacial score (nSPS) is 11.2. The molecule has 8 heteroatoms. The molecule has 7 nitrogen and oxygen atoms in total. The fourth-order valence-electron chi connectivity index (χ4n) is 2.09. The number of carbonyl (C=O) groups excluding carboxylic acids is 1. The summed E-state index contributed by atoms with van der Waals surface area (Å²) in [6.07, 6.45) is -0.612. The summed E-state index contributed by atoms with van der Waals surface area (Å²) in [5, 5.41) is 13.9. The smallest absolute Gasteiger partial charge is 0.407 e. The van der Waals surface area contributed by atoms with Crippen LogP contribution in [0.3, 0.4) is 0 Å². The second kappa shape index (κ2) is 6.96. The van der Waals surface area contributed by atoms with E-state index < -0.39 is 16.6 Å². The number of alkyl carbamates (subject to hydrolysis) is 1. The topological polar surface area (TPSA) is 94.4 Å². The minimum atomic E-state index is -0.621. The monoisotopic (exact) mass is 349 g/mol. The van der Waals surface area contributed by atoms with Gasteiger partial charge in [0.1, 0.15) is 5.60 Å². The number of rotatable bonds is 4. The number of aryl methyl sites for hydroxylation is 1. The van der Waals surface area contributed by atoms with E-state index in [2.05, 4.69) is 10.3 Å². The average molecular weight is 349 g/mol. The highest BCUT2D eigenvalue weighted by molar-refractivity contribution is 7.13. The molecule has 1 N–H and O–H groups in total. The molecule has 128 valence electrons. The molecule has 2 aromatic rings. The van der Waals surface area contributed by atoms with E-state index in [4.69, 9.17) is 4.74 Å². The van der Waals surface area contributed by atoms with Crippen molar-refractivity contribution in [1.29, 1.82) is 0 Å². The molecule has 24 heavy (non-hydrogen) atoms. The average Bonchev–Trinajstić information content (AvgIpc) is 2.89. The molecule has 0 radical (unpaired) electrons. The molecule has 0 atom stereocenters. The number of amides is 1. The quantitative estimate of drug-likeness (QED) is 0.664. The van der Waals surface area contributed by atoms with Gasteiger partial charge in [0, 0.05) is 17.2 Å². The van der Waals surface area contributed by atoms with Crippen LogP contribution in [0.2, 0.25) is 0 Å². The van der Waals surface area contributed by atoms with Gasteiger partial charge >= 0.3 is 6.09 Å². The number of nitro benzene ring substituents is 1. The van der Waals surface area contributed by atoms with Gasteiger partial charge in [0.25, 0.3) is 5.69 Å². The van der Waals surface area contributed by atoms with Crippen LogP contribution in [0, 0.1) is 17.0 Å². The highest BCUT2D eigenvalue weighted by Gasteiger charge is 2.19. The lowest BCUT2D eigenvalue weighted by atomic mass is 10.1. The van der Waals surface area contributed by atoms with Gasteiger partial charge in [0.15, 0.2) is 0 Å². The zero-order valence-corrected chi connectivity index (χ0v) is 14.8. The van der Waals surface area contributed by atoms with Gasteiger partial charge in [-0.15, -0.1) is 11.3 Å². The van der Waals surface area contributed by atoms with Gasteiger partial charge in [-0.2, -0.15) is 0 Å². The fourth-order valence-corrected chi connectivity index (χ4v) is 2.89. The molecular formula is C16H19N3O4S. The lowest BCUT2D eigenvalue weighted by molar-refractivity contribution is -0.385. The number of thiazole rings is 1. The molecule has 1 amide bonds. The van der Waals surface area contributed by atoms with Gasteiger partial charge in [-0.3, -0.25) is 10.1 Å². The van der Waals surface area contributed by atoms with Crippen molar-refractivity contribution in [3.05, 3.63) is 45.1 Å². The number of ether oxygens (including phenoxy) is 1. The van der Waals surface area contributed by atoms with Gasteiger partial charge in [0.05, 0.1) is 27.5 Å². The summed E-state index contributed by atoms with van der Waals surface area (Å²) >= 11 is 1.43. The standard InChI is InChI=1S/C16H19N3O4S/c1-10-14(24-9-18-10)11-5-6-12(13(7-11)19(21)22)8-17-15(20)23-16(2,3)4/h5-7,9H,8H2,1-4H3,(H,17,20). The lowest BCUT2D eigenvalue weighted by Crippen LogP contribution is -2.32. The Hall–Kier alpha value is -2.48. The van der Waals surface area contributed by atoms with Crippen LogP contribution in [0.15, 0.2) is 23.7 Å². The second-order valence-electron chi connectivity index (χ2n) is 6.22. The van der Waals surface area contributed by atoms with E-state index in [9.17, 15) is 14.9 Å². The van der Waals surface area contributed by atoms with Crippen LogP contribution in [0.1, 0.15) is 32.0 Å². The number of nitrogens with zero attached hydrogens (tertiary/aromatic N) is 2. The Balaban J connectivity index is 2.20. The van der Waals surface area contributed by atoms with Crippen molar-refractivity contribution in [1.82, 2.24) is 10.3 Å². The van der Waals surface area contributed by atoms with Gasteiger partial charge < -0.3 is 10.1 Å². The van der Waals surface area contributed by atoms with Crippen LogP contribution in [0.4, 0.5) is 10.5 Å². The number of nitro groups is 1. The summed E-state index contributed by atoms with van der Waals surface area (Å²) < 4.78 is 5.13. The number of hydrogen-bond donors (Lipinski definition) is 1. The van der Waals surface area contributed by atoms with Crippen molar-refractivity contribution >= 4 is 23.1 Å². The first-order chi connectivity index (χ1) is 11.2. The highest BCUT2D eigenvalue weighted by atomic mass is 32.1. The van der Waals surface area contributed by atoms with Crippen molar-refractivity contribution in [2.24, 2.45) is 0 Å². The molecule has 0 saturated heterocycles. The SMILES string of the molecule is Cc1ncsc1-c1ccc(CNC(=O)OC(C)(C)C)c([N+](=O)[O-])c1. The Bertz CT molecular complexity index is 765. The number of nitrogens with one attached hydrogen (secondary N) is 1. The zero-order chi connectivity index (χ0) is 17.9. The molecular weight excluding hydrogens is 330 g/mol. The third-order valence-electron chi connectivity index (χ3n) is 3.11. The predicted molar refractivity (Wildman–Crippen MR) is 92.0 cm³/mol. The van der Waals surface area contributed by atoms with E-state index in [1.807, 2.05) is 6.92 Å². The maximum Gasteiger partial charge on any atom is 0.407 e. The van der Waals surface area contributed by atoms with Crippen molar-refractivity contribution in [2.75, 3.05) is 0 Å². The molecule has 0 saturated carbocycles. The molecule has 0 spiro atoms. The molecule has 1 heterocycles. The van der Waals surface area contributed by atoms with Gasteiger partial charge in [-0.1, -0.05) is 6.07 Å². The Morgan fingerprint density at radius 2 is 2.12 bits per heavy atom. The van der Waals surface area contributed by atoms with E-state index >= 15 is 0 Å². The van der Waals surface area contributed by atoms with E-state index in [0.717, 1.165) is 16.1 Å². The van der Waals surface area contributed by atoms with Crippen molar-refractivity contribution in [2.45, 2.75) is 39.8 Å². The van der Waals surface area contributed by atoms with Crippen LogP contribution in [0.25, 0.3) is 10.4 Å². The number of benzene rings is 1. The van der Waals surface area contributed by atoms with Crippen molar-refractivity contribution in [3.63, 3.8) is 0 Å². The molecule has 0 aliphatic heterocycles. The first-order valence-corrected chi connectivity index (χ1v) is 8.20. The lowest BCUT2D eigenvalue weighted by Gasteiger charge is -2.19. The van der Waals surface area contributed by atoms with E-state index in [1.165, 1.54) is 17.4 Å². The maximum absolute atomic E-state index is 11.7. The Labute approximate surface area is 143 Å². The summed E-state index contributed by atoms with van der Waals surface area (Å²) in [5.41, 5.74) is 3.02. The molecule has 0 aliphatic carbocycles. The maximum atomic E-state index is 11.7. The molecule has 0 aliphatic rings. The van der Waals surface area contributed by atoms with Gasteiger partial charge in [0.2, 0.25) is 0 Å². The zero-order valence-electron chi connectivity index (χ0n) is 14.0. The third-order valence-corrected chi connectivity index (χ3v) is 4.09. The molecule has 2 rings (SSSR count). The Kier molecular flexibility index (Phi) is 5.18. The van der Waals surface area contributed by atoms with Crippen LogP contribution in [-0.4, -0.2) is 21.6 Å². The van der Waals surface area contributed by atoms with Crippen molar-refractivity contribution in [3.8, 4) is 10.4 Å². The van der Waals surface area contributed by atoms with E-state index in [-0.39, 0.29) is 12.2 Å². The summed E-state index contributed by atoms with van der Waals surface area (Å²) in [6, 6.07) is 4.94. The van der Waals surface area contributed by atoms with E-state index in [1.54, 1.807) is 38.4 Å². The first kappa shape index (κ1) is 17.9. The molecule has 0 unspecified atom stereocenters.